The highest BCUT2D eigenvalue weighted by Gasteiger charge is 2.38. The van der Waals surface area contributed by atoms with Gasteiger partial charge >= 0.3 is 6.09 Å². The summed E-state index contributed by atoms with van der Waals surface area (Å²) in [6, 6.07) is 1.13. The first-order valence-corrected chi connectivity index (χ1v) is 9.23. The molecule has 9 heteroatoms. The Labute approximate surface area is 159 Å². The zero-order valence-corrected chi connectivity index (χ0v) is 16.1. The van der Waals surface area contributed by atoms with Crippen LogP contribution in [0.5, 0.6) is 0 Å². The molecule has 0 N–H and O–H groups in total. The molecule has 2 saturated heterocycles. The average Bonchev–Trinajstić information content (AvgIpc) is 2.67. The molecule has 2 fully saturated rings. The van der Waals surface area contributed by atoms with Gasteiger partial charge in [0, 0.05) is 45.1 Å². The number of aromatic nitrogens is 2. The maximum Gasteiger partial charge on any atom is 0.411 e. The van der Waals surface area contributed by atoms with Gasteiger partial charge in [0.25, 0.3) is 0 Å². The first-order valence-electron chi connectivity index (χ1n) is 9.23. The van der Waals surface area contributed by atoms with Crippen molar-refractivity contribution in [3.05, 3.63) is 18.5 Å². The first kappa shape index (κ1) is 19.3. The molecular weight excluding hydrogens is 350 g/mol. The first-order chi connectivity index (χ1) is 12.8. The number of nitrogens with zero attached hydrogens (tertiary/aromatic N) is 5. The topological polar surface area (TPSA) is 88.1 Å². The number of amides is 2. The molecule has 0 spiro atoms. The minimum absolute atomic E-state index is 0.103. The Morgan fingerprint density at radius 2 is 1.78 bits per heavy atom. The molecule has 0 aromatic carbocycles. The van der Waals surface area contributed by atoms with Gasteiger partial charge in [0.1, 0.15) is 11.6 Å². The van der Waals surface area contributed by atoms with Crippen LogP contribution in [-0.4, -0.2) is 89.3 Å². The van der Waals surface area contributed by atoms with E-state index in [1.807, 2.05) is 25.7 Å². The molecule has 27 heavy (non-hydrogen) atoms. The maximum atomic E-state index is 13.0. The van der Waals surface area contributed by atoms with Gasteiger partial charge in [-0.2, -0.15) is 0 Å². The van der Waals surface area contributed by atoms with Crippen LogP contribution in [0.25, 0.3) is 0 Å². The zero-order valence-electron chi connectivity index (χ0n) is 16.1. The Kier molecular flexibility index (Phi) is 5.79. The van der Waals surface area contributed by atoms with Crippen LogP contribution in [0.1, 0.15) is 20.8 Å². The third-order valence-corrected chi connectivity index (χ3v) is 4.47. The summed E-state index contributed by atoms with van der Waals surface area (Å²) >= 11 is 0. The number of piperazine rings is 1. The zero-order chi connectivity index (χ0) is 19.4. The average molecular weight is 377 g/mol. The number of carbonyl (C=O) groups excluding carboxylic acids is 2. The van der Waals surface area contributed by atoms with Crippen LogP contribution in [0.2, 0.25) is 0 Å². The molecule has 2 amide bonds. The van der Waals surface area contributed by atoms with Gasteiger partial charge in [0.15, 0.2) is 0 Å². The molecule has 1 unspecified atom stereocenters. The monoisotopic (exact) mass is 377 g/mol. The van der Waals surface area contributed by atoms with E-state index in [2.05, 4.69) is 9.97 Å². The van der Waals surface area contributed by atoms with Crippen LogP contribution in [0.3, 0.4) is 0 Å². The third-order valence-electron chi connectivity index (χ3n) is 4.47. The molecule has 3 heterocycles. The van der Waals surface area contributed by atoms with Crippen molar-refractivity contribution in [2.75, 3.05) is 50.8 Å². The molecule has 3 rings (SSSR count). The van der Waals surface area contributed by atoms with Crippen molar-refractivity contribution in [2.24, 2.45) is 0 Å². The molecule has 1 aromatic rings. The van der Waals surface area contributed by atoms with E-state index in [1.54, 1.807) is 23.4 Å². The summed E-state index contributed by atoms with van der Waals surface area (Å²) in [4.78, 5) is 39.3. The highest BCUT2D eigenvalue weighted by atomic mass is 16.6. The fourth-order valence-electron chi connectivity index (χ4n) is 3.14. The van der Waals surface area contributed by atoms with E-state index in [0.717, 1.165) is 0 Å². The molecular formula is C18H27N5O4. The summed E-state index contributed by atoms with van der Waals surface area (Å²) in [6.07, 6.45) is 2.94. The van der Waals surface area contributed by atoms with Crippen LogP contribution in [0.4, 0.5) is 10.7 Å². The lowest BCUT2D eigenvalue weighted by Crippen LogP contribution is -2.60. The van der Waals surface area contributed by atoms with E-state index in [0.29, 0.717) is 45.3 Å². The van der Waals surface area contributed by atoms with Crippen molar-refractivity contribution in [3.63, 3.8) is 0 Å². The van der Waals surface area contributed by atoms with E-state index in [4.69, 9.17) is 9.47 Å². The second-order valence-electron chi connectivity index (χ2n) is 7.63. The number of anilines is 1. The fraction of sp³-hybridized carbons (Fsp3) is 0.667. The SMILES string of the molecule is CC(C)(C)OC(=O)N1CCOCC1C(=O)N1CCN(c2ncccn2)CC1. The quantitative estimate of drug-likeness (QED) is 0.752. The molecule has 9 nitrogen and oxygen atoms in total. The van der Waals surface area contributed by atoms with Crippen LogP contribution in [-0.2, 0) is 14.3 Å². The molecule has 0 bridgehead atoms. The van der Waals surface area contributed by atoms with Crippen LogP contribution in [0, 0.1) is 0 Å². The standard InChI is InChI=1S/C18H27N5O4/c1-18(2,3)27-17(25)23-11-12-26-13-14(23)15(24)21-7-9-22(10-8-21)16-19-5-4-6-20-16/h4-6,14H,7-13H2,1-3H3. The van der Waals surface area contributed by atoms with Gasteiger partial charge in [-0.15, -0.1) is 0 Å². The highest BCUT2D eigenvalue weighted by molar-refractivity contribution is 5.86. The van der Waals surface area contributed by atoms with Crippen molar-refractivity contribution in [1.82, 2.24) is 19.8 Å². The molecule has 1 atom stereocenters. The van der Waals surface area contributed by atoms with E-state index in [9.17, 15) is 9.59 Å². The van der Waals surface area contributed by atoms with Gasteiger partial charge in [0.05, 0.1) is 13.2 Å². The van der Waals surface area contributed by atoms with E-state index in [-0.39, 0.29) is 12.5 Å². The number of carbonyl (C=O) groups is 2. The Hall–Kier alpha value is -2.42. The summed E-state index contributed by atoms with van der Waals surface area (Å²) in [5.74, 6) is 0.565. The number of hydrogen-bond acceptors (Lipinski definition) is 7. The second-order valence-corrected chi connectivity index (χ2v) is 7.63. The Morgan fingerprint density at radius 3 is 2.41 bits per heavy atom. The van der Waals surface area contributed by atoms with Crippen LogP contribution >= 0.6 is 0 Å². The number of hydrogen-bond donors (Lipinski definition) is 0. The Balaban J connectivity index is 1.61. The summed E-state index contributed by atoms with van der Waals surface area (Å²) in [5, 5.41) is 0. The van der Waals surface area contributed by atoms with Gasteiger partial charge in [-0.05, 0) is 26.8 Å². The number of ether oxygens (including phenoxy) is 2. The summed E-state index contributed by atoms with van der Waals surface area (Å²) in [7, 11) is 0. The molecule has 2 aliphatic heterocycles. The molecule has 0 aliphatic carbocycles. The van der Waals surface area contributed by atoms with Crippen molar-refractivity contribution >= 4 is 17.9 Å². The van der Waals surface area contributed by atoms with Gasteiger partial charge in [0.2, 0.25) is 11.9 Å². The second kappa shape index (κ2) is 8.08. The van der Waals surface area contributed by atoms with E-state index in [1.165, 1.54) is 4.90 Å². The lowest BCUT2D eigenvalue weighted by atomic mass is 10.1. The predicted octanol–water partition coefficient (Wildman–Crippen LogP) is 0.761. The van der Waals surface area contributed by atoms with Gasteiger partial charge < -0.3 is 19.3 Å². The van der Waals surface area contributed by atoms with Gasteiger partial charge in [-0.25, -0.2) is 14.8 Å². The molecule has 0 radical (unpaired) electrons. The molecule has 148 valence electrons. The Morgan fingerprint density at radius 1 is 1.11 bits per heavy atom. The fourth-order valence-corrected chi connectivity index (χ4v) is 3.14. The van der Waals surface area contributed by atoms with E-state index < -0.39 is 17.7 Å². The number of rotatable bonds is 2. The van der Waals surface area contributed by atoms with Crippen molar-refractivity contribution in [1.29, 1.82) is 0 Å². The minimum Gasteiger partial charge on any atom is -0.444 e. The molecule has 2 aliphatic rings. The lowest BCUT2D eigenvalue weighted by molar-refractivity contribution is -0.143. The van der Waals surface area contributed by atoms with Crippen molar-refractivity contribution < 1.29 is 19.1 Å². The number of morpholine rings is 1. The summed E-state index contributed by atoms with van der Waals surface area (Å²) in [6.45, 7) is 8.79. The largest absolute Gasteiger partial charge is 0.444 e. The normalized spacial score (nSPS) is 21.1. The van der Waals surface area contributed by atoms with E-state index >= 15 is 0 Å². The summed E-state index contributed by atoms with van der Waals surface area (Å²) < 4.78 is 10.9. The van der Waals surface area contributed by atoms with Crippen molar-refractivity contribution in [2.45, 2.75) is 32.4 Å². The maximum absolute atomic E-state index is 13.0. The Bertz CT molecular complexity index is 655. The highest BCUT2D eigenvalue weighted by Crippen LogP contribution is 2.18. The molecule has 0 saturated carbocycles. The molecule has 1 aromatic heterocycles. The predicted molar refractivity (Wildman–Crippen MR) is 98.4 cm³/mol. The van der Waals surface area contributed by atoms with Crippen LogP contribution < -0.4 is 4.90 Å². The third kappa shape index (κ3) is 4.85. The van der Waals surface area contributed by atoms with Gasteiger partial charge in [-0.1, -0.05) is 0 Å². The summed E-state index contributed by atoms with van der Waals surface area (Å²) in [5.41, 5.74) is -0.607. The smallest absolute Gasteiger partial charge is 0.411 e. The minimum atomic E-state index is -0.645. The lowest BCUT2D eigenvalue weighted by Gasteiger charge is -2.40. The van der Waals surface area contributed by atoms with Crippen molar-refractivity contribution in [3.8, 4) is 0 Å². The van der Waals surface area contributed by atoms with Gasteiger partial charge in [-0.3, -0.25) is 9.69 Å². The van der Waals surface area contributed by atoms with Crippen LogP contribution in [0.15, 0.2) is 18.5 Å².